The average molecular weight is 370 g/mol. The highest BCUT2D eigenvalue weighted by molar-refractivity contribution is 5.91. The molecule has 0 unspecified atom stereocenters. The van der Waals surface area contributed by atoms with Crippen LogP contribution in [0.3, 0.4) is 0 Å². The van der Waals surface area contributed by atoms with Crippen molar-refractivity contribution < 1.29 is 24.3 Å². The summed E-state index contributed by atoms with van der Waals surface area (Å²) in [7, 11) is 0. The first-order chi connectivity index (χ1) is 12.1. The van der Waals surface area contributed by atoms with E-state index >= 15 is 0 Å². The molecule has 0 aromatic heterocycles. The highest BCUT2D eigenvalue weighted by atomic mass is 16.4. The number of carbonyl (C=O) groups excluding carboxylic acids is 3. The Labute approximate surface area is 153 Å². The molecule has 0 aromatic rings. The van der Waals surface area contributed by atoms with Gasteiger partial charge in [-0.15, -0.1) is 0 Å². The fourth-order valence-electron chi connectivity index (χ4n) is 2.84. The quantitative estimate of drug-likeness (QED) is 0.489. The molecule has 0 bridgehead atoms. The third-order valence-corrected chi connectivity index (χ3v) is 3.99. The van der Waals surface area contributed by atoms with Gasteiger partial charge in [0, 0.05) is 12.6 Å². The van der Waals surface area contributed by atoms with Crippen LogP contribution in [0.4, 0.5) is 4.79 Å². The van der Waals surface area contributed by atoms with E-state index in [1.165, 1.54) is 4.90 Å². The van der Waals surface area contributed by atoms with Crippen LogP contribution in [0.15, 0.2) is 0 Å². The van der Waals surface area contributed by atoms with Crippen LogP contribution in [-0.2, 0) is 14.4 Å². The number of carbonyl (C=O) groups is 4. The first-order valence-electron chi connectivity index (χ1n) is 8.98. The molecule has 1 aliphatic heterocycles. The van der Waals surface area contributed by atoms with Gasteiger partial charge < -0.3 is 26.0 Å². The van der Waals surface area contributed by atoms with Gasteiger partial charge in [-0.3, -0.25) is 9.59 Å². The molecule has 26 heavy (non-hydrogen) atoms. The van der Waals surface area contributed by atoms with Crippen LogP contribution in [0.1, 0.15) is 47.0 Å². The minimum Gasteiger partial charge on any atom is -0.480 e. The molecule has 1 heterocycles. The largest absolute Gasteiger partial charge is 0.480 e. The molecule has 0 saturated carbocycles. The zero-order valence-corrected chi connectivity index (χ0v) is 15.9. The summed E-state index contributed by atoms with van der Waals surface area (Å²) in [6, 6.07) is -1.94. The fourth-order valence-corrected chi connectivity index (χ4v) is 2.84. The van der Waals surface area contributed by atoms with Crippen LogP contribution in [0.5, 0.6) is 0 Å². The lowest BCUT2D eigenvalue weighted by molar-refractivity contribution is -0.142. The first-order valence-corrected chi connectivity index (χ1v) is 8.98. The fraction of sp³-hybridized carbons (Fsp3) is 0.765. The normalized spacial score (nSPS) is 17.9. The molecular weight excluding hydrogens is 340 g/mol. The maximum absolute atomic E-state index is 12.3. The minimum atomic E-state index is -1.11. The van der Waals surface area contributed by atoms with Crippen LogP contribution in [0.25, 0.3) is 0 Å². The van der Waals surface area contributed by atoms with Crippen LogP contribution in [0.2, 0.25) is 0 Å². The van der Waals surface area contributed by atoms with Crippen molar-refractivity contribution in [3.63, 3.8) is 0 Å². The summed E-state index contributed by atoms with van der Waals surface area (Å²) in [6.45, 7) is 7.56. The Morgan fingerprint density at radius 2 is 1.77 bits per heavy atom. The van der Waals surface area contributed by atoms with Gasteiger partial charge in [-0.05, 0) is 39.0 Å². The van der Waals surface area contributed by atoms with Gasteiger partial charge in [0.1, 0.15) is 12.1 Å². The zero-order valence-electron chi connectivity index (χ0n) is 15.9. The summed E-state index contributed by atoms with van der Waals surface area (Å²) in [4.78, 5) is 49.0. The van der Waals surface area contributed by atoms with E-state index in [0.29, 0.717) is 25.8 Å². The van der Waals surface area contributed by atoms with E-state index in [-0.39, 0.29) is 24.5 Å². The molecule has 0 radical (unpaired) electrons. The van der Waals surface area contributed by atoms with E-state index < -0.39 is 29.9 Å². The highest BCUT2D eigenvalue weighted by Crippen LogP contribution is 2.17. The predicted molar refractivity (Wildman–Crippen MR) is 95.4 cm³/mol. The SMILES string of the molecule is CC(C)C[C@H](NC(=O)CNC(=O)[C@@H]1CCCN1C(=O)NC(C)C)C(=O)O. The van der Waals surface area contributed by atoms with Crippen molar-refractivity contribution in [2.24, 2.45) is 5.92 Å². The third kappa shape index (κ3) is 6.89. The Balaban J connectivity index is 2.52. The molecule has 1 fully saturated rings. The van der Waals surface area contributed by atoms with Crippen molar-refractivity contribution in [1.29, 1.82) is 0 Å². The van der Waals surface area contributed by atoms with Gasteiger partial charge in [-0.1, -0.05) is 13.8 Å². The molecule has 2 atom stereocenters. The Morgan fingerprint density at radius 3 is 2.31 bits per heavy atom. The van der Waals surface area contributed by atoms with Crippen molar-refractivity contribution in [2.75, 3.05) is 13.1 Å². The zero-order chi connectivity index (χ0) is 19.9. The number of likely N-dealkylation sites (tertiary alicyclic amines) is 1. The average Bonchev–Trinajstić information content (AvgIpc) is 3.00. The molecule has 0 spiro atoms. The van der Waals surface area contributed by atoms with E-state index in [1.807, 2.05) is 27.7 Å². The highest BCUT2D eigenvalue weighted by Gasteiger charge is 2.34. The summed E-state index contributed by atoms with van der Waals surface area (Å²) < 4.78 is 0. The Hall–Kier alpha value is -2.32. The second-order valence-electron chi connectivity index (χ2n) is 7.26. The van der Waals surface area contributed by atoms with Gasteiger partial charge in [0.25, 0.3) is 0 Å². The van der Waals surface area contributed by atoms with E-state index in [1.54, 1.807) is 0 Å². The van der Waals surface area contributed by atoms with Gasteiger partial charge in [-0.2, -0.15) is 0 Å². The summed E-state index contributed by atoms with van der Waals surface area (Å²) in [5.41, 5.74) is 0. The number of carboxylic acid groups (broad SMARTS) is 1. The van der Waals surface area contributed by atoms with E-state index in [0.717, 1.165) is 0 Å². The van der Waals surface area contributed by atoms with Crippen molar-refractivity contribution in [3.8, 4) is 0 Å². The van der Waals surface area contributed by atoms with Crippen LogP contribution in [-0.4, -0.2) is 65.0 Å². The number of urea groups is 1. The van der Waals surface area contributed by atoms with E-state index in [9.17, 15) is 19.2 Å². The van der Waals surface area contributed by atoms with Crippen molar-refractivity contribution >= 4 is 23.8 Å². The monoisotopic (exact) mass is 370 g/mol. The van der Waals surface area contributed by atoms with E-state index in [4.69, 9.17) is 5.11 Å². The lowest BCUT2D eigenvalue weighted by Gasteiger charge is -2.25. The second-order valence-corrected chi connectivity index (χ2v) is 7.26. The van der Waals surface area contributed by atoms with Crippen molar-refractivity contribution in [3.05, 3.63) is 0 Å². The molecule has 9 heteroatoms. The molecule has 9 nitrogen and oxygen atoms in total. The summed E-state index contributed by atoms with van der Waals surface area (Å²) >= 11 is 0. The number of carboxylic acids is 1. The molecule has 1 aliphatic rings. The Morgan fingerprint density at radius 1 is 1.12 bits per heavy atom. The predicted octanol–water partition coefficient (Wildman–Crippen LogP) is 0.301. The number of amides is 4. The molecule has 1 rings (SSSR count). The van der Waals surface area contributed by atoms with Gasteiger partial charge >= 0.3 is 12.0 Å². The molecule has 1 saturated heterocycles. The molecule has 0 aliphatic carbocycles. The summed E-state index contributed by atoms with van der Waals surface area (Å²) in [5, 5.41) is 16.8. The Kier molecular flexibility index (Phi) is 8.34. The van der Waals surface area contributed by atoms with Gasteiger partial charge in [0.15, 0.2) is 0 Å². The van der Waals surface area contributed by atoms with E-state index in [2.05, 4.69) is 16.0 Å². The van der Waals surface area contributed by atoms with Crippen LogP contribution >= 0.6 is 0 Å². The standard InChI is InChI=1S/C17H30N4O5/c1-10(2)8-12(16(24)25)20-14(22)9-18-15(23)13-6-5-7-21(13)17(26)19-11(3)4/h10-13H,5-9H2,1-4H3,(H,18,23)(H,19,26)(H,20,22)(H,24,25)/t12-,13-/m0/s1. The van der Waals surface area contributed by atoms with Gasteiger partial charge in [0.05, 0.1) is 6.54 Å². The minimum absolute atomic E-state index is 0.0356. The maximum atomic E-state index is 12.3. The van der Waals surface area contributed by atoms with Crippen LogP contribution < -0.4 is 16.0 Å². The number of nitrogens with zero attached hydrogens (tertiary/aromatic N) is 1. The first kappa shape index (κ1) is 21.7. The topological polar surface area (TPSA) is 128 Å². The summed E-state index contributed by atoms with van der Waals surface area (Å²) in [5.74, 6) is -1.97. The summed E-state index contributed by atoms with van der Waals surface area (Å²) in [6.07, 6.45) is 1.55. The lowest BCUT2D eigenvalue weighted by Crippen LogP contribution is -2.52. The van der Waals surface area contributed by atoms with Crippen molar-refractivity contribution in [1.82, 2.24) is 20.9 Å². The molecule has 148 valence electrons. The third-order valence-electron chi connectivity index (χ3n) is 3.99. The number of aliphatic carboxylic acids is 1. The molecule has 4 N–H and O–H groups in total. The van der Waals surface area contributed by atoms with Crippen LogP contribution in [0, 0.1) is 5.92 Å². The van der Waals surface area contributed by atoms with Gasteiger partial charge in [0.2, 0.25) is 11.8 Å². The number of hydrogen-bond acceptors (Lipinski definition) is 4. The number of nitrogens with one attached hydrogen (secondary N) is 3. The number of rotatable bonds is 8. The number of hydrogen-bond donors (Lipinski definition) is 4. The van der Waals surface area contributed by atoms with Crippen molar-refractivity contribution in [2.45, 2.75) is 65.1 Å². The lowest BCUT2D eigenvalue weighted by atomic mass is 10.0. The molecule has 4 amide bonds. The molecule has 0 aromatic carbocycles. The van der Waals surface area contributed by atoms with Gasteiger partial charge in [-0.25, -0.2) is 9.59 Å². The Bertz CT molecular complexity index is 535. The smallest absolute Gasteiger partial charge is 0.326 e. The molecular formula is C17H30N4O5. The second kappa shape index (κ2) is 9.98. The maximum Gasteiger partial charge on any atom is 0.326 e.